The minimum absolute atomic E-state index is 0.372. The van der Waals surface area contributed by atoms with Crippen LogP contribution in [0.3, 0.4) is 0 Å². The molecule has 2 nitrogen and oxygen atoms in total. The van der Waals surface area contributed by atoms with Crippen LogP contribution in [0.4, 0.5) is 0 Å². The summed E-state index contributed by atoms with van der Waals surface area (Å²) in [4.78, 5) is 14.2. The van der Waals surface area contributed by atoms with E-state index in [1.54, 1.807) is 23.9 Å². The number of carboxylic acids is 1. The van der Waals surface area contributed by atoms with Gasteiger partial charge in [-0.2, -0.15) is 0 Å². The zero-order valence-electron chi connectivity index (χ0n) is 11.7. The summed E-state index contributed by atoms with van der Waals surface area (Å²) in [6.45, 7) is 11.1. The van der Waals surface area contributed by atoms with Crippen molar-refractivity contribution >= 4 is 41.3 Å². The minimum Gasteiger partial charge on any atom is -0.478 e. The topological polar surface area (TPSA) is 37.3 Å². The first kappa shape index (κ1) is 18.0. The summed E-state index contributed by atoms with van der Waals surface area (Å²) >= 11 is 4.63. The fourth-order valence-electron chi connectivity index (χ4n) is 1.54. The Morgan fingerprint density at radius 3 is 1.76 bits per heavy atom. The van der Waals surface area contributed by atoms with Crippen molar-refractivity contribution in [3.05, 3.63) is 55.7 Å². The monoisotopic (exact) mass is 338 g/mol. The molecule has 0 aliphatic carbocycles. The van der Waals surface area contributed by atoms with Gasteiger partial charge in [-0.3, -0.25) is 0 Å². The Bertz CT molecular complexity index is 505. The molecule has 5 heteroatoms. The van der Waals surface area contributed by atoms with Gasteiger partial charge in [-0.1, -0.05) is 18.2 Å². The van der Waals surface area contributed by atoms with Crippen LogP contribution in [0.2, 0.25) is 0 Å². The van der Waals surface area contributed by atoms with Gasteiger partial charge in [-0.05, 0) is 12.1 Å². The quantitative estimate of drug-likeness (QED) is 0.468. The van der Waals surface area contributed by atoms with Crippen molar-refractivity contribution in [2.75, 3.05) is 17.3 Å². The van der Waals surface area contributed by atoms with Crippen molar-refractivity contribution in [2.24, 2.45) is 0 Å². The predicted molar refractivity (Wildman–Crippen MR) is 96.2 cm³/mol. The van der Waals surface area contributed by atoms with E-state index in [9.17, 15) is 9.90 Å². The lowest BCUT2D eigenvalue weighted by atomic mass is 10.2. The zero-order chi connectivity index (χ0) is 15.7. The lowest BCUT2D eigenvalue weighted by Gasteiger charge is -2.12. The second kappa shape index (κ2) is 9.82. The Kier molecular flexibility index (Phi) is 8.42. The number of benzene rings is 1. The maximum Gasteiger partial charge on any atom is 0.337 e. The lowest BCUT2D eigenvalue weighted by Crippen LogP contribution is -2.03. The van der Waals surface area contributed by atoms with Crippen molar-refractivity contribution in [3.63, 3.8) is 0 Å². The highest BCUT2D eigenvalue weighted by Gasteiger charge is 2.17. The third-order valence-corrected chi connectivity index (χ3v) is 5.38. The van der Waals surface area contributed by atoms with Crippen LogP contribution < -0.4 is 0 Å². The second-order valence-corrected chi connectivity index (χ2v) is 7.12. The molecule has 0 bridgehead atoms. The normalized spacial score (nSPS) is 10.1. The van der Waals surface area contributed by atoms with Crippen LogP contribution in [-0.2, 0) is 0 Å². The van der Waals surface area contributed by atoms with Gasteiger partial charge in [-0.15, -0.1) is 55.0 Å². The molecule has 0 spiro atoms. The summed E-state index contributed by atoms with van der Waals surface area (Å²) in [7, 11) is 0. The summed E-state index contributed by atoms with van der Waals surface area (Å²) in [6, 6.07) is 3.87. The number of aromatic carboxylic acids is 1. The van der Waals surface area contributed by atoms with E-state index in [2.05, 4.69) is 19.7 Å². The first-order valence-corrected chi connectivity index (χ1v) is 9.22. The van der Waals surface area contributed by atoms with E-state index in [0.29, 0.717) is 17.1 Å². The first-order valence-electron chi connectivity index (χ1n) is 6.26. The number of rotatable bonds is 10. The summed E-state index contributed by atoms with van der Waals surface area (Å²) in [6.07, 6.45) is 5.38. The molecule has 0 unspecified atom stereocenters. The Morgan fingerprint density at radius 2 is 1.38 bits per heavy atom. The summed E-state index contributed by atoms with van der Waals surface area (Å²) in [5.74, 6) is 1.26. The fraction of sp³-hybridized carbons (Fsp3) is 0.188. The van der Waals surface area contributed by atoms with Crippen molar-refractivity contribution in [3.8, 4) is 0 Å². The molecular formula is C16H18O2S3. The van der Waals surface area contributed by atoms with Gasteiger partial charge in [0.15, 0.2) is 0 Å². The predicted octanol–water partition coefficient (Wildman–Crippen LogP) is 5.22. The van der Waals surface area contributed by atoms with Crippen molar-refractivity contribution in [1.29, 1.82) is 0 Å². The van der Waals surface area contributed by atoms with E-state index in [-0.39, 0.29) is 0 Å². The lowest BCUT2D eigenvalue weighted by molar-refractivity contribution is 0.0689. The van der Waals surface area contributed by atoms with Gasteiger partial charge in [0.25, 0.3) is 0 Å². The molecule has 0 fully saturated rings. The maximum absolute atomic E-state index is 11.6. The Labute approximate surface area is 138 Å². The average molecular weight is 339 g/mol. The molecule has 21 heavy (non-hydrogen) atoms. The molecule has 0 aliphatic rings. The molecular weight excluding hydrogens is 320 g/mol. The van der Waals surface area contributed by atoms with Crippen LogP contribution in [0.15, 0.2) is 64.8 Å². The van der Waals surface area contributed by atoms with E-state index < -0.39 is 5.97 Å². The molecule has 0 radical (unpaired) electrons. The van der Waals surface area contributed by atoms with E-state index in [4.69, 9.17) is 0 Å². The smallest absolute Gasteiger partial charge is 0.337 e. The molecule has 0 amide bonds. The van der Waals surface area contributed by atoms with E-state index in [1.165, 1.54) is 23.5 Å². The van der Waals surface area contributed by atoms with Crippen LogP contribution in [0.1, 0.15) is 10.4 Å². The molecule has 1 rings (SSSR count). The van der Waals surface area contributed by atoms with Crippen molar-refractivity contribution in [1.82, 2.24) is 0 Å². The van der Waals surface area contributed by atoms with Gasteiger partial charge in [0.05, 0.1) is 5.56 Å². The number of carbonyl (C=O) groups is 1. The number of hydrogen-bond acceptors (Lipinski definition) is 4. The molecule has 0 atom stereocenters. The highest BCUT2D eigenvalue weighted by molar-refractivity contribution is 8.01. The fourth-order valence-corrected chi connectivity index (χ4v) is 4.17. The standard InChI is InChI=1S/C16H18O2S3/c1-4-7-19-12-10-13(20-8-5-2)15(16(17)18)14(11-12)21-9-6-3/h4-6,10-11H,1-3,7-9H2,(H,17,18). The highest BCUT2D eigenvalue weighted by Crippen LogP contribution is 2.36. The summed E-state index contributed by atoms with van der Waals surface area (Å²) < 4.78 is 0. The van der Waals surface area contributed by atoms with Crippen LogP contribution >= 0.6 is 35.3 Å². The summed E-state index contributed by atoms with van der Waals surface area (Å²) in [5.41, 5.74) is 0.372. The Hall–Kier alpha value is -1.04. The second-order valence-electron chi connectivity index (χ2n) is 3.90. The molecule has 0 aromatic heterocycles. The van der Waals surface area contributed by atoms with Crippen LogP contribution in [-0.4, -0.2) is 28.3 Å². The van der Waals surface area contributed by atoms with Crippen LogP contribution in [0.25, 0.3) is 0 Å². The van der Waals surface area contributed by atoms with Gasteiger partial charge < -0.3 is 5.11 Å². The van der Waals surface area contributed by atoms with Gasteiger partial charge in [0, 0.05) is 31.9 Å². The minimum atomic E-state index is -0.895. The van der Waals surface area contributed by atoms with Crippen LogP contribution in [0, 0.1) is 0 Å². The molecule has 0 aliphatic heterocycles. The largest absolute Gasteiger partial charge is 0.478 e. The van der Waals surface area contributed by atoms with E-state index in [0.717, 1.165) is 20.4 Å². The molecule has 112 valence electrons. The summed E-state index contributed by atoms with van der Waals surface area (Å²) in [5, 5.41) is 9.51. The molecule has 0 heterocycles. The third-order valence-electron chi connectivity index (χ3n) is 2.33. The number of thioether (sulfide) groups is 3. The highest BCUT2D eigenvalue weighted by atomic mass is 32.2. The molecule has 0 saturated heterocycles. The molecule has 1 N–H and O–H groups in total. The van der Waals surface area contributed by atoms with Gasteiger partial charge in [-0.25, -0.2) is 4.79 Å². The molecule has 1 aromatic rings. The number of carboxylic acid groups (broad SMARTS) is 1. The van der Waals surface area contributed by atoms with E-state index >= 15 is 0 Å². The van der Waals surface area contributed by atoms with Gasteiger partial charge >= 0.3 is 5.97 Å². The SMILES string of the molecule is C=CCSc1cc(SCC=C)c(C(=O)O)c(SCC=C)c1. The van der Waals surface area contributed by atoms with Gasteiger partial charge in [0.1, 0.15) is 0 Å². The average Bonchev–Trinajstić information content (AvgIpc) is 2.47. The number of hydrogen-bond donors (Lipinski definition) is 1. The third kappa shape index (κ3) is 5.69. The Morgan fingerprint density at radius 1 is 0.952 bits per heavy atom. The van der Waals surface area contributed by atoms with Gasteiger partial charge in [0.2, 0.25) is 0 Å². The Balaban J connectivity index is 3.25. The molecule has 1 aromatic carbocycles. The zero-order valence-corrected chi connectivity index (χ0v) is 14.2. The van der Waals surface area contributed by atoms with Crippen molar-refractivity contribution < 1.29 is 9.90 Å². The molecule has 0 saturated carbocycles. The van der Waals surface area contributed by atoms with Crippen LogP contribution in [0.5, 0.6) is 0 Å². The van der Waals surface area contributed by atoms with Crippen molar-refractivity contribution in [2.45, 2.75) is 14.7 Å². The van der Waals surface area contributed by atoms with E-state index in [1.807, 2.05) is 18.2 Å². The maximum atomic E-state index is 11.6. The first-order chi connectivity index (χ1) is 10.1.